The quantitative estimate of drug-likeness (QED) is 0.657. The zero-order valence-corrected chi connectivity index (χ0v) is 13.8. The van der Waals surface area contributed by atoms with Gasteiger partial charge in [-0.25, -0.2) is 4.39 Å². The summed E-state index contributed by atoms with van der Waals surface area (Å²) in [5, 5.41) is 13.1. The summed E-state index contributed by atoms with van der Waals surface area (Å²) >= 11 is 0. The van der Waals surface area contributed by atoms with E-state index in [0.29, 0.717) is 18.5 Å². The van der Waals surface area contributed by atoms with E-state index in [-0.39, 0.29) is 23.7 Å². The molecule has 134 valence electrons. The van der Waals surface area contributed by atoms with Crippen LogP contribution >= 0.6 is 0 Å². The Kier molecular flexibility index (Phi) is 4.92. The lowest BCUT2D eigenvalue weighted by molar-refractivity contribution is -0.384. The minimum Gasteiger partial charge on any atom is -0.323 e. The Morgan fingerprint density at radius 2 is 1.96 bits per heavy atom. The molecular weight excluding hydrogens is 341 g/mol. The highest BCUT2D eigenvalue weighted by Crippen LogP contribution is 2.23. The van der Waals surface area contributed by atoms with Crippen molar-refractivity contribution in [2.24, 2.45) is 0 Å². The van der Waals surface area contributed by atoms with Gasteiger partial charge in [0.25, 0.3) is 5.69 Å². The lowest BCUT2D eigenvalue weighted by Crippen LogP contribution is -2.23. The number of nitrogens with one attached hydrogen (secondary N) is 1. The highest BCUT2D eigenvalue weighted by molar-refractivity contribution is 5.95. The van der Waals surface area contributed by atoms with Gasteiger partial charge in [0.2, 0.25) is 11.8 Å². The Bertz CT molecular complexity index is 867. The fraction of sp³-hybridized carbons (Fsp3) is 0.222. The molecule has 1 heterocycles. The van der Waals surface area contributed by atoms with Crippen molar-refractivity contribution in [2.45, 2.75) is 19.3 Å². The maximum atomic E-state index is 13.7. The molecule has 0 unspecified atom stereocenters. The summed E-state index contributed by atoms with van der Waals surface area (Å²) in [6, 6.07) is 9.93. The van der Waals surface area contributed by atoms with Crippen LogP contribution in [0.5, 0.6) is 0 Å². The zero-order chi connectivity index (χ0) is 18.7. The van der Waals surface area contributed by atoms with Crippen LogP contribution in [0, 0.1) is 15.9 Å². The van der Waals surface area contributed by atoms with Crippen molar-refractivity contribution in [3.05, 3.63) is 64.0 Å². The Balaban J connectivity index is 1.66. The number of nitro benzene ring substituents is 1. The normalized spacial score (nSPS) is 13.7. The van der Waals surface area contributed by atoms with E-state index in [4.69, 9.17) is 0 Å². The predicted molar refractivity (Wildman–Crippen MR) is 93.4 cm³/mol. The molecule has 8 heteroatoms. The van der Waals surface area contributed by atoms with Crippen molar-refractivity contribution in [2.75, 3.05) is 16.8 Å². The number of halogens is 1. The summed E-state index contributed by atoms with van der Waals surface area (Å²) in [4.78, 5) is 35.6. The van der Waals surface area contributed by atoms with E-state index < -0.39 is 16.6 Å². The number of nitrogens with zero attached hydrogens (tertiary/aromatic N) is 2. The van der Waals surface area contributed by atoms with Gasteiger partial charge in [-0.05, 0) is 30.2 Å². The molecule has 2 amide bonds. The first-order valence-corrected chi connectivity index (χ1v) is 8.07. The van der Waals surface area contributed by atoms with Crippen LogP contribution in [0.25, 0.3) is 0 Å². The molecule has 1 N–H and O–H groups in total. The van der Waals surface area contributed by atoms with Crippen molar-refractivity contribution in [1.82, 2.24) is 0 Å². The van der Waals surface area contributed by atoms with E-state index in [0.717, 1.165) is 30.3 Å². The van der Waals surface area contributed by atoms with Gasteiger partial charge in [0.15, 0.2) is 0 Å². The Morgan fingerprint density at radius 1 is 1.23 bits per heavy atom. The Morgan fingerprint density at radius 3 is 2.58 bits per heavy atom. The van der Waals surface area contributed by atoms with Crippen molar-refractivity contribution in [3.63, 3.8) is 0 Å². The standard InChI is InChI=1S/C18H16FN3O4/c19-15-8-7-14(22(25)26)11-16(15)20-17(23)10-12-3-5-13(6-4-12)21-9-1-2-18(21)24/h3-8,11H,1-2,9-10H2,(H,20,23). The number of hydrogen-bond acceptors (Lipinski definition) is 4. The van der Waals surface area contributed by atoms with Crippen LogP contribution in [0.2, 0.25) is 0 Å². The molecule has 0 spiro atoms. The third-order valence-corrected chi connectivity index (χ3v) is 4.12. The fourth-order valence-corrected chi connectivity index (χ4v) is 2.82. The molecule has 0 aromatic heterocycles. The number of hydrogen-bond donors (Lipinski definition) is 1. The topological polar surface area (TPSA) is 92.6 Å². The first-order chi connectivity index (χ1) is 12.4. The van der Waals surface area contributed by atoms with Gasteiger partial charge in [-0.3, -0.25) is 19.7 Å². The second kappa shape index (κ2) is 7.30. The minimum absolute atomic E-state index is 0.0175. The average Bonchev–Trinajstić information content (AvgIpc) is 3.03. The number of anilines is 2. The monoisotopic (exact) mass is 357 g/mol. The second-order valence-corrected chi connectivity index (χ2v) is 5.96. The highest BCUT2D eigenvalue weighted by Gasteiger charge is 2.21. The molecule has 1 fully saturated rings. The maximum Gasteiger partial charge on any atom is 0.271 e. The summed E-state index contributed by atoms with van der Waals surface area (Å²) in [7, 11) is 0. The molecule has 2 aromatic rings. The van der Waals surface area contributed by atoms with Gasteiger partial charge in [0.1, 0.15) is 5.82 Å². The molecule has 2 aromatic carbocycles. The van der Waals surface area contributed by atoms with Crippen LogP contribution < -0.4 is 10.2 Å². The van der Waals surface area contributed by atoms with Crippen molar-refractivity contribution in [3.8, 4) is 0 Å². The van der Waals surface area contributed by atoms with Gasteiger partial charge in [-0.2, -0.15) is 0 Å². The van der Waals surface area contributed by atoms with Crippen molar-refractivity contribution in [1.29, 1.82) is 0 Å². The molecular formula is C18H16FN3O4. The van der Waals surface area contributed by atoms with Crippen LogP contribution in [-0.4, -0.2) is 23.3 Å². The van der Waals surface area contributed by atoms with Crippen LogP contribution in [0.15, 0.2) is 42.5 Å². The first kappa shape index (κ1) is 17.5. The molecule has 3 rings (SSSR count). The van der Waals surface area contributed by atoms with Crippen molar-refractivity contribution >= 4 is 28.9 Å². The minimum atomic E-state index is -0.744. The Hall–Kier alpha value is -3.29. The van der Waals surface area contributed by atoms with Crippen LogP contribution in [-0.2, 0) is 16.0 Å². The highest BCUT2D eigenvalue weighted by atomic mass is 19.1. The molecule has 0 atom stereocenters. The van der Waals surface area contributed by atoms with Crippen LogP contribution in [0.3, 0.4) is 0 Å². The summed E-state index contributed by atoms with van der Waals surface area (Å²) in [6.07, 6.45) is 1.35. The molecule has 0 saturated carbocycles. The third kappa shape index (κ3) is 3.85. The average molecular weight is 357 g/mol. The number of amides is 2. The third-order valence-electron chi connectivity index (χ3n) is 4.12. The predicted octanol–water partition coefficient (Wildman–Crippen LogP) is 3.04. The number of carbonyl (C=O) groups is 2. The van der Waals surface area contributed by atoms with Gasteiger partial charge in [-0.1, -0.05) is 12.1 Å². The number of rotatable bonds is 5. The van der Waals surface area contributed by atoms with Crippen LogP contribution in [0.1, 0.15) is 18.4 Å². The summed E-state index contributed by atoms with van der Waals surface area (Å²) in [5.41, 5.74) is 0.926. The van der Waals surface area contributed by atoms with Crippen molar-refractivity contribution < 1.29 is 18.9 Å². The van der Waals surface area contributed by atoms with E-state index in [1.165, 1.54) is 0 Å². The summed E-state index contributed by atoms with van der Waals surface area (Å²) in [6.45, 7) is 0.685. The molecule has 1 aliphatic heterocycles. The molecule has 1 aliphatic rings. The van der Waals surface area contributed by atoms with Gasteiger partial charge >= 0.3 is 0 Å². The number of nitro groups is 1. The van der Waals surface area contributed by atoms with E-state index in [1.54, 1.807) is 29.2 Å². The summed E-state index contributed by atoms with van der Waals surface area (Å²) < 4.78 is 13.7. The number of benzene rings is 2. The maximum absolute atomic E-state index is 13.7. The Labute approximate surface area is 148 Å². The number of non-ortho nitro benzene ring substituents is 1. The lowest BCUT2D eigenvalue weighted by Gasteiger charge is -2.15. The molecule has 7 nitrogen and oxygen atoms in total. The first-order valence-electron chi connectivity index (χ1n) is 8.07. The van der Waals surface area contributed by atoms with Gasteiger partial charge in [0.05, 0.1) is 17.0 Å². The van der Waals surface area contributed by atoms with Crippen LogP contribution in [0.4, 0.5) is 21.5 Å². The molecule has 1 saturated heterocycles. The van der Waals surface area contributed by atoms with E-state index >= 15 is 0 Å². The molecule has 0 bridgehead atoms. The second-order valence-electron chi connectivity index (χ2n) is 5.96. The molecule has 0 aliphatic carbocycles. The van der Waals surface area contributed by atoms with Gasteiger partial charge < -0.3 is 10.2 Å². The van der Waals surface area contributed by atoms with E-state index in [1.807, 2.05) is 0 Å². The largest absolute Gasteiger partial charge is 0.323 e. The van der Waals surface area contributed by atoms with E-state index in [9.17, 15) is 24.1 Å². The van der Waals surface area contributed by atoms with Gasteiger partial charge in [-0.15, -0.1) is 0 Å². The summed E-state index contributed by atoms with van der Waals surface area (Å²) in [5.74, 6) is -1.15. The molecule has 26 heavy (non-hydrogen) atoms. The van der Waals surface area contributed by atoms with E-state index in [2.05, 4.69) is 5.32 Å². The molecule has 0 radical (unpaired) electrons. The fourth-order valence-electron chi connectivity index (χ4n) is 2.82. The smallest absolute Gasteiger partial charge is 0.271 e. The SMILES string of the molecule is O=C(Cc1ccc(N2CCCC2=O)cc1)Nc1cc([N+](=O)[O-])ccc1F. The zero-order valence-electron chi connectivity index (χ0n) is 13.8. The number of carbonyl (C=O) groups excluding carboxylic acids is 2. The van der Waals surface area contributed by atoms with Gasteiger partial charge in [0, 0.05) is 30.8 Å². The lowest BCUT2D eigenvalue weighted by atomic mass is 10.1.